The van der Waals surface area contributed by atoms with Crippen LogP contribution in [0.1, 0.15) is 65.1 Å². The summed E-state index contributed by atoms with van der Waals surface area (Å²) in [7, 11) is 0. The molecule has 3 unspecified atom stereocenters. The van der Waals surface area contributed by atoms with Crippen LogP contribution in [-0.2, 0) is 11.2 Å². The zero-order chi connectivity index (χ0) is 14.7. The molecule has 1 saturated carbocycles. The van der Waals surface area contributed by atoms with Crippen molar-refractivity contribution in [3.8, 4) is 0 Å². The lowest BCUT2D eigenvalue weighted by Gasteiger charge is -2.30. The van der Waals surface area contributed by atoms with Crippen LogP contribution in [0.4, 0.5) is 0 Å². The average molecular weight is 276 g/mol. The lowest BCUT2D eigenvalue weighted by Crippen LogP contribution is -2.29. The van der Waals surface area contributed by atoms with Crippen molar-refractivity contribution in [3.63, 3.8) is 0 Å². The van der Waals surface area contributed by atoms with Crippen LogP contribution in [0.2, 0.25) is 0 Å². The Morgan fingerprint density at radius 2 is 2.15 bits per heavy atom. The van der Waals surface area contributed by atoms with Crippen LogP contribution < -0.4 is 0 Å². The summed E-state index contributed by atoms with van der Waals surface area (Å²) in [5, 5.41) is 4.64. The van der Waals surface area contributed by atoms with Crippen LogP contribution in [0.3, 0.4) is 0 Å². The smallest absolute Gasteiger partial charge is 0.136 e. The number of rotatable bonds is 5. The van der Waals surface area contributed by atoms with Crippen molar-refractivity contribution in [2.45, 2.75) is 65.8 Å². The number of carbonyl (C=O) groups is 1. The van der Waals surface area contributed by atoms with E-state index < -0.39 is 0 Å². The van der Waals surface area contributed by atoms with Crippen LogP contribution in [0.15, 0.2) is 12.3 Å². The summed E-state index contributed by atoms with van der Waals surface area (Å²) >= 11 is 0. The largest absolute Gasteiger partial charge is 0.299 e. The summed E-state index contributed by atoms with van der Waals surface area (Å²) in [5.74, 6) is 2.02. The first-order valence-electron chi connectivity index (χ1n) is 8.08. The quantitative estimate of drug-likeness (QED) is 0.813. The second-order valence-electron chi connectivity index (χ2n) is 6.69. The van der Waals surface area contributed by atoms with Gasteiger partial charge < -0.3 is 0 Å². The Labute approximate surface area is 122 Å². The second kappa shape index (κ2) is 6.55. The van der Waals surface area contributed by atoms with Gasteiger partial charge in [-0.2, -0.15) is 5.10 Å². The highest BCUT2D eigenvalue weighted by atomic mass is 16.1. The summed E-state index contributed by atoms with van der Waals surface area (Å²) in [6, 6.07) is 2.52. The van der Waals surface area contributed by atoms with Crippen LogP contribution in [0, 0.1) is 17.8 Å². The van der Waals surface area contributed by atoms with Gasteiger partial charge in [0.1, 0.15) is 5.78 Å². The number of hydrogen-bond acceptors (Lipinski definition) is 2. The Kier molecular flexibility index (Phi) is 5.00. The van der Waals surface area contributed by atoms with E-state index in [9.17, 15) is 4.79 Å². The molecule has 1 aliphatic carbocycles. The maximum atomic E-state index is 12.1. The Morgan fingerprint density at radius 1 is 1.40 bits per heavy atom. The van der Waals surface area contributed by atoms with Crippen molar-refractivity contribution >= 4 is 5.78 Å². The Morgan fingerprint density at radius 3 is 2.80 bits per heavy atom. The molecule has 20 heavy (non-hydrogen) atoms. The van der Waals surface area contributed by atoms with Crippen molar-refractivity contribution in [1.29, 1.82) is 0 Å². The predicted molar refractivity (Wildman–Crippen MR) is 81.6 cm³/mol. The SMILES string of the molecule is CCC(C)n1ccc(CC2CC(C(C)C)CCC2=O)n1. The highest BCUT2D eigenvalue weighted by Crippen LogP contribution is 2.33. The number of ketones is 1. The normalized spacial score (nSPS) is 25.1. The van der Waals surface area contributed by atoms with E-state index in [0.29, 0.717) is 23.7 Å². The van der Waals surface area contributed by atoms with E-state index in [-0.39, 0.29) is 5.92 Å². The summed E-state index contributed by atoms with van der Waals surface area (Å²) in [6.07, 6.45) is 6.85. The monoisotopic (exact) mass is 276 g/mol. The third-order valence-electron chi connectivity index (χ3n) is 4.91. The van der Waals surface area contributed by atoms with Crippen LogP contribution in [-0.4, -0.2) is 15.6 Å². The molecule has 0 spiro atoms. The Balaban J connectivity index is 2.00. The standard InChI is InChI=1S/C17H28N2O/c1-5-13(4)19-9-8-16(18-19)11-15-10-14(12(2)3)6-7-17(15)20/h8-9,12-15H,5-7,10-11H2,1-4H3. The molecule has 1 aliphatic rings. The molecule has 0 aromatic carbocycles. The second-order valence-corrected chi connectivity index (χ2v) is 6.69. The van der Waals surface area contributed by atoms with Gasteiger partial charge >= 0.3 is 0 Å². The topological polar surface area (TPSA) is 34.9 Å². The van der Waals surface area contributed by atoms with Crippen molar-refractivity contribution in [1.82, 2.24) is 9.78 Å². The maximum absolute atomic E-state index is 12.1. The number of hydrogen-bond donors (Lipinski definition) is 0. The van der Waals surface area contributed by atoms with Crippen molar-refractivity contribution < 1.29 is 4.79 Å². The fraction of sp³-hybridized carbons (Fsp3) is 0.765. The zero-order valence-corrected chi connectivity index (χ0v) is 13.3. The van der Waals surface area contributed by atoms with Crippen LogP contribution in [0.5, 0.6) is 0 Å². The lowest BCUT2D eigenvalue weighted by molar-refractivity contribution is -0.125. The van der Waals surface area contributed by atoms with Gasteiger partial charge in [-0.15, -0.1) is 0 Å². The molecular formula is C17H28N2O. The number of carbonyl (C=O) groups excluding carboxylic acids is 1. The van der Waals surface area contributed by atoms with Gasteiger partial charge in [-0.3, -0.25) is 9.48 Å². The Hall–Kier alpha value is -1.12. The summed E-state index contributed by atoms with van der Waals surface area (Å²) < 4.78 is 2.03. The summed E-state index contributed by atoms with van der Waals surface area (Å²) in [5.41, 5.74) is 1.08. The minimum atomic E-state index is 0.191. The zero-order valence-electron chi connectivity index (χ0n) is 13.3. The summed E-state index contributed by atoms with van der Waals surface area (Å²) in [4.78, 5) is 12.1. The van der Waals surface area contributed by atoms with Gasteiger partial charge in [0, 0.05) is 31.0 Å². The molecule has 1 fully saturated rings. The molecule has 0 radical (unpaired) electrons. The molecule has 0 saturated heterocycles. The minimum Gasteiger partial charge on any atom is -0.299 e. The van der Waals surface area contributed by atoms with E-state index in [1.807, 2.05) is 4.68 Å². The van der Waals surface area contributed by atoms with Crippen molar-refractivity contribution in [2.24, 2.45) is 17.8 Å². The first-order valence-corrected chi connectivity index (χ1v) is 8.08. The van der Waals surface area contributed by atoms with Gasteiger partial charge in [0.2, 0.25) is 0 Å². The molecule has 3 atom stereocenters. The Bertz CT molecular complexity index is 450. The fourth-order valence-corrected chi connectivity index (χ4v) is 3.12. The molecule has 0 amide bonds. The van der Waals surface area contributed by atoms with Gasteiger partial charge in [0.15, 0.2) is 0 Å². The molecule has 3 nitrogen and oxygen atoms in total. The highest BCUT2D eigenvalue weighted by Gasteiger charge is 2.30. The van der Waals surface area contributed by atoms with E-state index in [1.165, 1.54) is 0 Å². The van der Waals surface area contributed by atoms with E-state index in [2.05, 4.69) is 45.1 Å². The van der Waals surface area contributed by atoms with Crippen molar-refractivity contribution in [3.05, 3.63) is 18.0 Å². The maximum Gasteiger partial charge on any atom is 0.136 e. The average Bonchev–Trinajstić information content (AvgIpc) is 2.88. The van der Waals surface area contributed by atoms with Crippen LogP contribution >= 0.6 is 0 Å². The predicted octanol–water partition coefficient (Wildman–Crippen LogP) is 4.04. The number of Topliss-reactive ketones (excluding diaryl/α,β-unsaturated/α-hetero) is 1. The summed E-state index contributed by atoms with van der Waals surface area (Å²) in [6.45, 7) is 8.89. The minimum absolute atomic E-state index is 0.191. The van der Waals surface area contributed by atoms with Gasteiger partial charge in [-0.05, 0) is 44.1 Å². The molecular weight excluding hydrogens is 248 g/mol. The van der Waals surface area contributed by atoms with Gasteiger partial charge in [-0.1, -0.05) is 20.8 Å². The van der Waals surface area contributed by atoms with E-state index in [4.69, 9.17) is 0 Å². The third kappa shape index (κ3) is 3.50. The van der Waals surface area contributed by atoms with E-state index in [1.54, 1.807) is 0 Å². The lowest BCUT2D eigenvalue weighted by atomic mass is 9.74. The van der Waals surface area contributed by atoms with Crippen molar-refractivity contribution in [2.75, 3.05) is 0 Å². The van der Waals surface area contributed by atoms with Gasteiger partial charge in [0.05, 0.1) is 5.69 Å². The van der Waals surface area contributed by atoms with E-state index >= 15 is 0 Å². The number of nitrogens with zero attached hydrogens (tertiary/aromatic N) is 2. The molecule has 0 bridgehead atoms. The number of aromatic nitrogens is 2. The highest BCUT2D eigenvalue weighted by molar-refractivity contribution is 5.82. The molecule has 1 heterocycles. The first-order chi connectivity index (χ1) is 9.51. The first kappa shape index (κ1) is 15.3. The molecule has 112 valence electrons. The van der Waals surface area contributed by atoms with Crippen LogP contribution in [0.25, 0.3) is 0 Å². The third-order valence-corrected chi connectivity index (χ3v) is 4.91. The molecule has 2 rings (SSSR count). The van der Waals surface area contributed by atoms with E-state index in [0.717, 1.165) is 37.8 Å². The van der Waals surface area contributed by atoms with Gasteiger partial charge in [-0.25, -0.2) is 0 Å². The molecule has 0 aliphatic heterocycles. The molecule has 3 heteroatoms. The molecule has 1 aromatic rings. The molecule has 1 aromatic heterocycles. The molecule has 0 N–H and O–H groups in total. The van der Waals surface area contributed by atoms with Gasteiger partial charge in [0.25, 0.3) is 0 Å². The fourth-order valence-electron chi connectivity index (χ4n) is 3.12.